The number of carbonyl (C=O) groups excluding carboxylic acids is 1. The lowest BCUT2D eigenvalue weighted by Crippen LogP contribution is -2.41. The number of fused-ring (bicyclic) bond motifs is 2. The van der Waals surface area contributed by atoms with Crippen LogP contribution in [0.2, 0.25) is 0 Å². The van der Waals surface area contributed by atoms with E-state index in [1.54, 1.807) is 35.4 Å². The topological polar surface area (TPSA) is 123 Å². The number of aromatic nitrogens is 8. The molecule has 6 heterocycles. The second-order valence-corrected chi connectivity index (χ2v) is 8.87. The Balaban J connectivity index is 1.29. The molecule has 1 amide bonds. The van der Waals surface area contributed by atoms with Crippen LogP contribution in [-0.4, -0.2) is 56.9 Å². The first-order valence-electron chi connectivity index (χ1n) is 11.3. The Morgan fingerprint density at radius 3 is 3.00 bits per heavy atom. The van der Waals surface area contributed by atoms with Crippen LogP contribution in [0.3, 0.4) is 0 Å². The van der Waals surface area contributed by atoms with Crippen molar-refractivity contribution in [1.82, 2.24) is 44.5 Å². The zero-order valence-corrected chi connectivity index (χ0v) is 18.4. The molecule has 11 heteroatoms. The van der Waals surface area contributed by atoms with Crippen molar-refractivity contribution in [2.75, 3.05) is 6.54 Å². The molecule has 2 aliphatic rings. The molecule has 1 atom stereocenters. The van der Waals surface area contributed by atoms with Gasteiger partial charge in [0.15, 0.2) is 0 Å². The number of rotatable bonds is 4. The molecule has 7 rings (SSSR count). The van der Waals surface area contributed by atoms with Gasteiger partial charge in [0.25, 0.3) is 5.89 Å². The fourth-order valence-corrected chi connectivity index (χ4v) is 4.81. The zero-order valence-electron chi connectivity index (χ0n) is 18.4. The highest BCUT2D eigenvalue weighted by Crippen LogP contribution is 2.43. The molecule has 5 aromatic rings. The second kappa shape index (κ2) is 7.11. The fourth-order valence-electron chi connectivity index (χ4n) is 4.81. The molecule has 1 aliphatic carbocycles. The van der Waals surface area contributed by atoms with Crippen molar-refractivity contribution < 1.29 is 9.21 Å². The lowest BCUT2D eigenvalue weighted by atomic mass is 9.99. The van der Waals surface area contributed by atoms with E-state index in [4.69, 9.17) is 9.52 Å². The van der Waals surface area contributed by atoms with Gasteiger partial charge in [-0.05, 0) is 36.5 Å². The molecule has 0 saturated heterocycles. The number of hydrogen-bond donors (Lipinski definition) is 1. The number of hydrogen-bond acceptors (Lipinski definition) is 7. The van der Waals surface area contributed by atoms with Crippen LogP contribution in [0.25, 0.3) is 17.0 Å². The van der Waals surface area contributed by atoms with Crippen LogP contribution in [0.1, 0.15) is 58.1 Å². The lowest BCUT2D eigenvalue weighted by Gasteiger charge is -2.32. The van der Waals surface area contributed by atoms with Gasteiger partial charge in [-0.1, -0.05) is 6.07 Å². The van der Waals surface area contributed by atoms with E-state index in [0.717, 1.165) is 22.6 Å². The molecular formula is C23H21N9O2. The summed E-state index contributed by atoms with van der Waals surface area (Å²) in [6.07, 6.45) is 10.1. The Kier molecular flexibility index (Phi) is 4.02. The van der Waals surface area contributed by atoms with Gasteiger partial charge in [0, 0.05) is 38.1 Å². The molecule has 1 fully saturated rings. The summed E-state index contributed by atoms with van der Waals surface area (Å²) in [5.41, 5.74) is 5.60. The monoisotopic (exact) mass is 455 g/mol. The minimum Gasteiger partial charge on any atom is -0.412 e. The highest BCUT2D eigenvalue weighted by atomic mass is 16.4. The smallest absolute Gasteiger partial charge is 0.312 e. The quantitative estimate of drug-likeness (QED) is 0.442. The third-order valence-electron chi connectivity index (χ3n) is 6.60. The fraction of sp³-hybridized carbons (Fsp3) is 0.304. The van der Waals surface area contributed by atoms with E-state index in [-0.39, 0.29) is 17.7 Å². The van der Waals surface area contributed by atoms with Crippen LogP contribution in [0.5, 0.6) is 0 Å². The van der Waals surface area contributed by atoms with Crippen LogP contribution in [0.15, 0.2) is 47.5 Å². The Labute approximate surface area is 193 Å². The predicted molar refractivity (Wildman–Crippen MR) is 119 cm³/mol. The molecule has 11 nitrogen and oxygen atoms in total. The van der Waals surface area contributed by atoms with Crippen molar-refractivity contribution in [3.05, 3.63) is 71.7 Å². The van der Waals surface area contributed by atoms with Crippen molar-refractivity contribution in [3.8, 4) is 11.5 Å². The number of imidazole rings is 1. The highest BCUT2D eigenvalue weighted by Gasteiger charge is 2.38. The number of nitrogens with zero attached hydrogens (tertiary/aromatic N) is 8. The predicted octanol–water partition coefficient (Wildman–Crippen LogP) is 2.51. The maximum atomic E-state index is 13.6. The van der Waals surface area contributed by atoms with Crippen molar-refractivity contribution in [1.29, 1.82) is 0 Å². The van der Waals surface area contributed by atoms with E-state index in [2.05, 4.69) is 37.4 Å². The summed E-state index contributed by atoms with van der Waals surface area (Å²) >= 11 is 0. The molecule has 0 aromatic carbocycles. The van der Waals surface area contributed by atoms with Crippen LogP contribution >= 0.6 is 0 Å². The summed E-state index contributed by atoms with van der Waals surface area (Å²) in [6.45, 7) is 0.479. The van der Waals surface area contributed by atoms with Gasteiger partial charge in [-0.3, -0.25) is 9.48 Å². The first kappa shape index (κ1) is 19.2. The number of pyridine rings is 1. The summed E-state index contributed by atoms with van der Waals surface area (Å²) in [7, 11) is 1.80. The molecule has 0 spiro atoms. The summed E-state index contributed by atoms with van der Waals surface area (Å²) in [4.78, 5) is 23.1. The number of amides is 1. The van der Waals surface area contributed by atoms with Crippen LogP contribution in [0.4, 0.5) is 0 Å². The van der Waals surface area contributed by atoms with E-state index in [1.807, 2.05) is 16.8 Å². The van der Waals surface area contributed by atoms with Crippen molar-refractivity contribution >= 4 is 11.4 Å². The summed E-state index contributed by atoms with van der Waals surface area (Å²) < 4.78 is 9.29. The number of aryl methyl sites for hydroxylation is 1. The Morgan fingerprint density at radius 1 is 1.26 bits per heavy atom. The molecule has 170 valence electrons. The van der Waals surface area contributed by atoms with Gasteiger partial charge < -0.3 is 14.3 Å². The minimum absolute atomic E-state index is 0.0646. The molecule has 1 unspecified atom stereocenters. The van der Waals surface area contributed by atoms with Crippen LogP contribution in [-0.2, 0) is 13.5 Å². The zero-order chi connectivity index (χ0) is 22.8. The van der Waals surface area contributed by atoms with Gasteiger partial charge in [-0.15, -0.1) is 10.2 Å². The van der Waals surface area contributed by atoms with E-state index >= 15 is 0 Å². The average molecular weight is 455 g/mol. The summed E-state index contributed by atoms with van der Waals surface area (Å²) in [6, 6.07) is 5.82. The SMILES string of the molecule is Cn1cc(-c2nnc(C(=O)N3CCc4[nH]cnc4C3c3cc4c(C5CC5)cccn4n3)o2)cn1. The normalized spacial score (nSPS) is 17.9. The molecule has 0 radical (unpaired) electrons. The Bertz CT molecular complexity index is 1540. The van der Waals surface area contributed by atoms with Gasteiger partial charge in [0.2, 0.25) is 0 Å². The van der Waals surface area contributed by atoms with Gasteiger partial charge in [-0.2, -0.15) is 10.2 Å². The Hall–Kier alpha value is -4.28. The maximum absolute atomic E-state index is 13.6. The molecule has 1 aliphatic heterocycles. The first-order valence-corrected chi connectivity index (χ1v) is 11.3. The minimum atomic E-state index is -0.455. The molecule has 5 aromatic heterocycles. The van der Waals surface area contributed by atoms with Gasteiger partial charge in [0.05, 0.1) is 35.0 Å². The van der Waals surface area contributed by atoms with Crippen molar-refractivity contribution in [2.24, 2.45) is 7.05 Å². The van der Waals surface area contributed by atoms with Crippen molar-refractivity contribution in [2.45, 2.75) is 31.2 Å². The van der Waals surface area contributed by atoms with Gasteiger partial charge >= 0.3 is 11.8 Å². The molecule has 1 saturated carbocycles. The summed E-state index contributed by atoms with van der Waals surface area (Å²) in [5.74, 6) is 0.431. The standard InChI is InChI=1S/C23H21N9O2/c1-30-11-14(10-26-30)21-27-28-22(34-21)23(33)31-8-6-16-19(25-12-24-16)20(31)17-9-18-15(13-4-5-13)3-2-7-32(18)29-17/h2-3,7,9-13,20H,4-6,8H2,1H3,(H,24,25). The van der Waals surface area contributed by atoms with Crippen LogP contribution < -0.4 is 0 Å². The maximum Gasteiger partial charge on any atom is 0.312 e. The lowest BCUT2D eigenvalue weighted by molar-refractivity contribution is 0.0646. The summed E-state index contributed by atoms with van der Waals surface area (Å²) in [5, 5.41) is 17.1. The molecular weight excluding hydrogens is 434 g/mol. The number of nitrogens with one attached hydrogen (secondary N) is 1. The third-order valence-corrected chi connectivity index (χ3v) is 6.60. The largest absolute Gasteiger partial charge is 0.412 e. The molecule has 34 heavy (non-hydrogen) atoms. The van der Waals surface area contributed by atoms with E-state index in [9.17, 15) is 4.79 Å². The first-order chi connectivity index (χ1) is 16.7. The molecule has 1 N–H and O–H groups in total. The average Bonchev–Trinajstić information content (AvgIpc) is 3.27. The number of H-pyrrole nitrogens is 1. The second-order valence-electron chi connectivity index (χ2n) is 8.87. The number of aromatic amines is 1. The number of carbonyl (C=O) groups is 1. The Morgan fingerprint density at radius 2 is 2.18 bits per heavy atom. The highest BCUT2D eigenvalue weighted by molar-refractivity contribution is 5.90. The van der Waals surface area contributed by atoms with Crippen molar-refractivity contribution in [3.63, 3.8) is 0 Å². The van der Waals surface area contributed by atoms with E-state index in [0.29, 0.717) is 24.4 Å². The van der Waals surface area contributed by atoms with E-state index < -0.39 is 6.04 Å². The third kappa shape index (κ3) is 2.96. The van der Waals surface area contributed by atoms with Gasteiger partial charge in [0.1, 0.15) is 6.04 Å². The van der Waals surface area contributed by atoms with Crippen LogP contribution in [0, 0.1) is 0 Å². The molecule has 0 bridgehead atoms. The van der Waals surface area contributed by atoms with Gasteiger partial charge in [-0.25, -0.2) is 9.50 Å². The van der Waals surface area contributed by atoms with E-state index in [1.165, 1.54) is 18.4 Å².